The molecule has 1 aliphatic rings. The maximum Gasteiger partial charge on any atom is 0.231 e. The largest absolute Gasteiger partial charge is 0.443 e. The Kier molecular flexibility index (Phi) is 5.21. The molecule has 0 spiro atoms. The fourth-order valence-electron chi connectivity index (χ4n) is 3.90. The predicted octanol–water partition coefficient (Wildman–Crippen LogP) is 4.96. The third-order valence-corrected chi connectivity index (χ3v) is 5.91. The zero-order valence-corrected chi connectivity index (χ0v) is 17.9. The second kappa shape index (κ2) is 7.67. The van der Waals surface area contributed by atoms with Crippen molar-refractivity contribution in [3.63, 3.8) is 0 Å². The van der Waals surface area contributed by atoms with Crippen LogP contribution in [0.3, 0.4) is 0 Å². The lowest BCUT2D eigenvalue weighted by molar-refractivity contribution is -0.120. The summed E-state index contributed by atoms with van der Waals surface area (Å²) in [6, 6.07) is 5.65. The zero-order chi connectivity index (χ0) is 20.7. The summed E-state index contributed by atoms with van der Waals surface area (Å²) in [6.45, 7) is 9.25. The molecule has 152 valence electrons. The summed E-state index contributed by atoms with van der Waals surface area (Å²) in [6.07, 6.45) is 1.75. The molecule has 1 fully saturated rings. The number of halogens is 1. The highest BCUT2D eigenvalue weighted by atomic mass is 35.5. The summed E-state index contributed by atoms with van der Waals surface area (Å²) >= 11 is 6.29. The van der Waals surface area contributed by atoms with Crippen LogP contribution in [0, 0.1) is 33.6 Å². The number of nitrogens with zero attached hydrogens (tertiary/aromatic N) is 3. The normalized spacial score (nSPS) is 17.0. The molecule has 3 aromatic rings. The van der Waals surface area contributed by atoms with Crippen molar-refractivity contribution >= 4 is 40.1 Å². The van der Waals surface area contributed by atoms with E-state index in [4.69, 9.17) is 21.0 Å². The van der Waals surface area contributed by atoms with E-state index in [1.54, 1.807) is 0 Å². The molecule has 1 amide bonds. The van der Waals surface area contributed by atoms with Crippen LogP contribution in [0.15, 0.2) is 22.6 Å². The van der Waals surface area contributed by atoms with Crippen LogP contribution in [0.5, 0.6) is 0 Å². The Morgan fingerprint density at radius 3 is 2.79 bits per heavy atom. The Hall–Kier alpha value is -2.60. The minimum atomic E-state index is -0.139. The summed E-state index contributed by atoms with van der Waals surface area (Å²) in [5, 5.41) is 4.49. The molecule has 6 nitrogen and oxygen atoms in total. The minimum absolute atomic E-state index is 0.0115. The summed E-state index contributed by atoms with van der Waals surface area (Å²) < 4.78 is 5.82. The van der Waals surface area contributed by atoms with Gasteiger partial charge < -0.3 is 14.6 Å². The maximum absolute atomic E-state index is 12.9. The van der Waals surface area contributed by atoms with Gasteiger partial charge in [0, 0.05) is 18.7 Å². The topological polar surface area (TPSA) is 71.3 Å². The van der Waals surface area contributed by atoms with Crippen molar-refractivity contribution in [2.45, 2.75) is 40.5 Å². The van der Waals surface area contributed by atoms with E-state index in [0.717, 1.165) is 47.5 Å². The van der Waals surface area contributed by atoms with Crippen molar-refractivity contribution < 1.29 is 9.21 Å². The quantitative estimate of drug-likeness (QED) is 0.657. The van der Waals surface area contributed by atoms with Crippen molar-refractivity contribution in [3.8, 4) is 0 Å². The van der Waals surface area contributed by atoms with Crippen LogP contribution < -0.4 is 10.2 Å². The molecular formula is C22H25ClN4O2. The number of benzene rings is 1. The van der Waals surface area contributed by atoms with Gasteiger partial charge in [0.2, 0.25) is 11.6 Å². The van der Waals surface area contributed by atoms with Crippen LogP contribution in [-0.4, -0.2) is 29.0 Å². The summed E-state index contributed by atoms with van der Waals surface area (Å²) in [5.74, 6) is 2.22. The van der Waals surface area contributed by atoms with E-state index in [-0.39, 0.29) is 11.8 Å². The van der Waals surface area contributed by atoms with Crippen LogP contribution in [0.2, 0.25) is 5.02 Å². The van der Waals surface area contributed by atoms with Crippen molar-refractivity contribution in [1.29, 1.82) is 0 Å². The number of fused-ring (bicyclic) bond motifs is 1. The highest BCUT2D eigenvalue weighted by Crippen LogP contribution is 2.34. The number of rotatable bonds is 3. The van der Waals surface area contributed by atoms with Gasteiger partial charge >= 0.3 is 0 Å². The van der Waals surface area contributed by atoms with Crippen molar-refractivity contribution in [3.05, 3.63) is 45.9 Å². The van der Waals surface area contributed by atoms with Crippen molar-refractivity contribution in [2.24, 2.45) is 5.92 Å². The third kappa shape index (κ3) is 3.81. The third-order valence-electron chi connectivity index (χ3n) is 5.60. The van der Waals surface area contributed by atoms with Gasteiger partial charge in [-0.15, -0.1) is 0 Å². The Morgan fingerprint density at radius 1 is 1.24 bits per heavy atom. The Bertz CT molecular complexity index is 1090. The molecule has 0 saturated carbocycles. The van der Waals surface area contributed by atoms with E-state index in [0.29, 0.717) is 28.8 Å². The maximum atomic E-state index is 12.9. The Balaban J connectivity index is 1.59. The van der Waals surface area contributed by atoms with Gasteiger partial charge in [0.05, 0.1) is 22.0 Å². The minimum Gasteiger partial charge on any atom is -0.443 e. The van der Waals surface area contributed by atoms with Crippen molar-refractivity contribution in [1.82, 2.24) is 9.97 Å². The first-order valence-corrected chi connectivity index (χ1v) is 10.3. The summed E-state index contributed by atoms with van der Waals surface area (Å²) in [5.41, 5.74) is 3.38. The molecule has 1 aromatic carbocycles. The number of aromatic nitrogens is 2. The van der Waals surface area contributed by atoms with Crippen LogP contribution >= 0.6 is 11.6 Å². The summed E-state index contributed by atoms with van der Waals surface area (Å²) in [7, 11) is 0. The lowest BCUT2D eigenvalue weighted by Crippen LogP contribution is -2.41. The monoisotopic (exact) mass is 412 g/mol. The number of aryl methyl sites for hydroxylation is 4. The first-order valence-electron chi connectivity index (χ1n) is 9.90. The van der Waals surface area contributed by atoms with E-state index in [9.17, 15) is 4.79 Å². The van der Waals surface area contributed by atoms with Gasteiger partial charge in [-0.1, -0.05) is 17.7 Å². The smallest absolute Gasteiger partial charge is 0.231 e. The van der Waals surface area contributed by atoms with Gasteiger partial charge in [-0.05, 0) is 58.2 Å². The van der Waals surface area contributed by atoms with Crippen LogP contribution in [0.1, 0.15) is 35.6 Å². The van der Waals surface area contributed by atoms with Gasteiger partial charge in [-0.25, -0.2) is 4.98 Å². The molecule has 1 atom stereocenters. The van der Waals surface area contributed by atoms with Gasteiger partial charge in [0.15, 0.2) is 0 Å². The molecule has 1 N–H and O–H groups in total. The molecule has 2 aromatic heterocycles. The van der Waals surface area contributed by atoms with Crippen LogP contribution in [-0.2, 0) is 4.79 Å². The second-order valence-corrected chi connectivity index (χ2v) is 8.22. The average molecular weight is 413 g/mol. The first kappa shape index (κ1) is 19.7. The van der Waals surface area contributed by atoms with Gasteiger partial charge in [-0.3, -0.25) is 4.79 Å². The fourth-order valence-corrected chi connectivity index (χ4v) is 4.18. The van der Waals surface area contributed by atoms with E-state index in [1.807, 2.05) is 45.9 Å². The van der Waals surface area contributed by atoms with Gasteiger partial charge in [0.25, 0.3) is 0 Å². The molecule has 4 rings (SSSR count). The highest BCUT2D eigenvalue weighted by Gasteiger charge is 2.29. The molecule has 1 unspecified atom stereocenters. The molecular weight excluding hydrogens is 388 g/mol. The number of furan rings is 1. The zero-order valence-electron chi connectivity index (χ0n) is 17.2. The molecule has 0 aliphatic carbocycles. The average Bonchev–Trinajstić information content (AvgIpc) is 2.97. The van der Waals surface area contributed by atoms with Crippen LogP contribution in [0.4, 0.5) is 11.5 Å². The molecule has 0 radical (unpaired) electrons. The number of anilines is 2. The van der Waals surface area contributed by atoms with Crippen molar-refractivity contribution in [2.75, 3.05) is 23.3 Å². The van der Waals surface area contributed by atoms with E-state index in [1.165, 1.54) is 0 Å². The highest BCUT2D eigenvalue weighted by molar-refractivity contribution is 6.33. The summed E-state index contributed by atoms with van der Waals surface area (Å²) in [4.78, 5) is 24.3. The number of carbonyl (C=O) groups excluding carboxylic acids is 1. The molecule has 3 heterocycles. The number of carbonyl (C=O) groups is 1. The Morgan fingerprint density at radius 2 is 2.03 bits per heavy atom. The number of hydrogen-bond acceptors (Lipinski definition) is 5. The fraction of sp³-hybridized carbons (Fsp3) is 0.409. The lowest BCUT2D eigenvalue weighted by atomic mass is 9.96. The SMILES string of the molecule is Cc1ccc(NC(=O)C2CCCN(c3nc(C)nc4oc(C)c(C)c34)C2)c(Cl)c1. The molecule has 7 heteroatoms. The number of amides is 1. The Labute approximate surface area is 175 Å². The number of hydrogen-bond donors (Lipinski definition) is 1. The molecule has 0 bridgehead atoms. The molecule has 1 saturated heterocycles. The first-order chi connectivity index (χ1) is 13.8. The van der Waals surface area contributed by atoms with E-state index < -0.39 is 0 Å². The van der Waals surface area contributed by atoms with E-state index >= 15 is 0 Å². The van der Waals surface area contributed by atoms with Gasteiger partial charge in [0.1, 0.15) is 17.4 Å². The van der Waals surface area contributed by atoms with Gasteiger partial charge in [-0.2, -0.15) is 4.98 Å². The molecule has 1 aliphatic heterocycles. The standard InChI is InChI=1S/C22H25ClN4O2/c1-12-7-8-18(17(23)10-12)26-21(28)16-6-5-9-27(11-16)20-19-13(2)14(3)29-22(19)25-15(4)24-20/h7-8,10,16H,5-6,9,11H2,1-4H3,(H,26,28). The second-order valence-electron chi connectivity index (χ2n) is 7.82. The number of nitrogens with one attached hydrogen (secondary N) is 1. The van der Waals surface area contributed by atoms with E-state index in [2.05, 4.69) is 15.2 Å². The lowest BCUT2D eigenvalue weighted by Gasteiger charge is -2.33. The molecule has 29 heavy (non-hydrogen) atoms. The predicted molar refractivity (Wildman–Crippen MR) is 116 cm³/mol. The number of piperidine rings is 1. The van der Waals surface area contributed by atoms with Crippen LogP contribution in [0.25, 0.3) is 11.1 Å².